The zero-order valence-corrected chi connectivity index (χ0v) is 29.7. The third-order valence-electron chi connectivity index (χ3n) is 8.88. The molecule has 0 spiro atoms. The Morgan fingerprint density at radius 3 is 1.82 bits per heavy atom. The second-order valence-electron chi connectivity index (χ2n) is 13.7. The van der Waals surface area contributed by atoms with Crippen molar-refractivity contribution < 1.29 is 52.2 Å². The van der Waals surface area contributed by atoms with Crippen molar-refractivity contribution in [2.24, 2.45) is 22.7 Å². The number of Topliss-reactive ketones (excluding diaryl/α,β-unsaturated/α-hetero) is 2. The molecule has 0 aromatic carbocycles. The predicted molar refractivity (Wildman–Crippen MR) is 164 cm³/mol. The van der Waals surface area contributed by atoms with E-state index >= 15 is 0 Å². The Morgan fingerprint density at radius 2 is 1.39 bits per heavy atom. The smallest absolute Gasteiger partial charge is 0.320 e. The molecule has 0 radical (unpaired) electrons. The van der Waals surface area contributed by atoms with Gasteiger partial charge in [0.25, 0.3) is 5.91 Å². The highest BCUT2D eigenvalue weighted by molar-refractivity contribution is 7.80. The van der Waals surface area contributed by atoms with Crippen molar-refractivity contribution in [3.63, 3.8) is 0 Å². The number of carbonyl (C=O) groups excluding carboxylic acids is 6. The standard InChI is InChI=1S/C30H47NO11SSi/c1-13-38-23(34)19(24(35)39-14-2)15-20(43)17(3)30-22(33)21(32)29(30,18(4)42-44(11,12)28(8,9)10)25(36)31(30)41-16-40-26(37)27(5,6)7/h17-19H,13-16H2,1-12H3/t17-,18+,29+,30+/m0/s1. The summed E-state index contributed by atoms with van der Waals surface area (Å²) in [7, 11) is -2.59. The number of carbonyl (C=O) groups is 6. The summed E-state index contributed by atoms with van der Waals surface area (Å²) in [6.45, 7) is 20.3. The van der Waals surface area contributed by atoms with Gasteiger partial charge in [-0.2, -0.15) is 5.06 Å². The van der Waals surface area contributed by atoms with Crippen LogP contribution in [0.4, 0.5) is 0 Å². The molecule has 2 aliphatic rings. The van der Waals surface area contributed by atoms with Gasteiger partial charge in [0.05, 0.1) is 24.7 Å². The van der Waals surface area contributed by atoms with E-state index in [1.807, 2.05) is 33.9 Å². The van der Waals surface area contributed by atoms with Crippen LogP contribution in [0.5, 0.6) is 0 Å². The van der Waals surface area contributed by atoms with Gasteiger partial charge in [0.1, 0.15) is 0 Å². The fraction of sp³-hybridized carbons (Fsp3) is 0.767. The van der Waals surface area contributed by atoms with Gasteiger partial charge in [-0.15, -0.1) is 0 Å². The Morgan fingerprint density at radius 1 is 0.886 bits per heavy atom. The number of ketones is 2. The SMILES string of the molecule is CCOC(=O)C(CC(=S)[C@H](C)[C@@]12C(=O)C(=O)[C@]1([C@@H](C)O[Si](C)(C)C(C)(C)C)C(=O)N2OCOC(=O)C(C)(C)C)C(=O)OCC. The van der Waals surface area contributed by atoms with Crippen molar-refractivity contribution in [3.8, 4) is 0 Å². The number of hydroxylamine groups is 2. The zero-order chi connectivity index (χ0) is 34.2. The Kier molecular flexibility index (Phi) is 11.2. The number of nitrogens with zero attached hydrogens (tertiary/aromatic N) is 1. The monoisotopic (exact) mass is 657 g/mol. The lowest BCUT2D eigenvalue weighted by Crippen LogP contribution is -2.97. The maximum Gasteiger partial charge on any atom is 0.320 e. The van der Waals surface area contributed by atoms with Crippen molar-refractivity contribution in [2.45, 2.75) is 105 Å². The number of fused-ring (bicyclic) bond motifs is 1. The average Bonchev–Trinajstić information content (AvgIpc) is 2.89. The third kappa shape index (κ3) is 6.02. The summed E-state index contributed by atoms with van der Waals surface area (Å²) in [6.07, 6.45) is -1.42. The van der Waals surface area contributed by atoms with Crippen LogP contribution in [0.1, 0.15) is 75.7 Å². The lowest BCUT2D eigenvalue weighted by molar-refractivity contribution is -0.330. The highest BCUT2D eigenvalue weighted by Gasteiger charge is 2.92. The Bertz CT molecular complexity index is 1200. The molecular formula is C30H47NO11SSi. The quantitative estimate of drug-likeness (QED) is 0.0391. The first kappa shape index (κ1) is 37.6. The van der Waals surface area contributed by atoms with Gasteiger partial charge in [-0.1, -0.05) is 39.9 Å². The maximum absolute atomic E-state index is 13.9. The largest absolute Gasteiger partial charge is 0.465 e. The maximum atomic E-state index is 13.9. The molecule has 1 aliphatic carbocycles. The van der Waals surface area contributed by atoms with Crippen LogP contribution in [0.15, 0.2) is 0 Å². The zero-order valence-electron chi connectivity index (χ0n) is 27.9. The Balaban J connectivity index is 2.59. The normalized spacial score (nSPS) is 23.3. The molecule has 1 heterocycles. The first-order valence-electron chi connectivity index (χ1n) is 14.8. The molecule has 0 aromatic heterocycles. The second-order valence-corrected chi connectivity index (χ2v) is 19.0. The van der Waals surface area contributed by atoms with Gasteiger partial charge in [0.2, 0.25) is 18.4 Å². The van der Waals surface area contributed by atoms with E-state index in [-0.39, 0.29) is 29.5 Å². The lowest BCUT2D eigenvalue weighted by atomic mass is 9.40. The van der Waals surface area contributed by atoms with E-state index in [1.165, 1.54) is 6.92 Å². The first-order valence-corrected chi connectivity index (χ1v) is 18.1. The predicted octanol–water partition coefficient (Wildman–Crippen LogP) is 3.73. The van der Waals surface area contributed by atoms with Gasteiger partial charge in [-0.3, -0.25) is 28.8 Å². The van der Waals surface area contributed by atoms with Crippen LogP contribution >= 0.6 is 12.2 Å². The topological polar surface area (TPSA) is 152 Å². The molecule has 0 bridgehead atoms. The molecule has 248 valence electrons. The Labute approximate surface area is 265 Å². The summed E-state index contributed by atoms with van der Waals surface area (Å²) in [6, 6.07) is 0. The minimum absolute atomic E-state index is 0.00278. The van der Waals surface area contributed by atoms with Crippen LogP contribution in [-0.2, 0) is 52.2 Å². The summed E-state index contributed by atoms with van der Waals surface area (Å²) in [5, 5.41) is 0.452. The highest BCUT2D eigenvalue weighted by Crippen LogP contribution is 2.65. The van der Waals surface area contributed by atoms with Gasteiger partial charge < -0.3 is 18.6 Å². The second kappa shape index (κ2) is 13.0. The van der Waals surface area contributed by atoms with Gasteiger partial charge in [0.15, 0.2) is 25.2 Å². The summed E-state index contributed by atoms with van der Waals surface area (Å²) in [5.41, 5.74) is -4.83. The molecule has 1 amide bonds. The molecule has 1 aliphatic heterocycles. The molecule has 12 nitrogen and oxygen atoms in total. The van der Waals surface area contributed by atoms with Crippen LogP contribution in [0.2, 0.25) is 18.1 Å². The fourth-order valence-corrected chi connectivity index (χ4v) is 7.13. The minimum atomic E-state index is -2.59. The molecule has 0 N–H and O–H groups in total. The molecule has 1 saturated heterocycles. The molecule has 0 unspecified atom stereocenters. The number of β-lactam (4-membered cyclic amide) rings is 1. The van der Waals surface area contributed by atoms with E-state index in [2.05, 4.69) is 0 Å². The lowest BCUT2D eigenvalue weighted by Gasteiger charge is -2.70. The van der Waals surface area contributed by atoms with E-state index in [9.17, 15) is 28.8 Å². The van der Waals surface area contributed by atoms with Crippen LogP contribution < -0.4 is 0 Å². The number of thiocarbonyl (C=S) groups is 1. The van der Waals surface area contributed by atoms with Crippen molar-refractivity contribution in [2.75, 3.05) is 20.0 Å². The van der Waals surface area contributed by atoms with Crippen LogP contribution in [0.3, 0.4) is 0 Å². The molecule has 1 saturated carbocycles. The van der Waals surface area contributed by atoms with Crippen molar-refractivity contribution in [1.29, 1.82) is 0 Å². The number of ether oxygens (including phenoxy) is 3. The number of amides is 1. The molecule has 14 heteroatoms. The molecule has 44 heavy (non-hydrogen) atoms. The molecule has 4 atom stereocenters. The van der Waals surface area contributed by atoms with Crippen LogP contribution in [0, 0.1) is 22.7 Å². The number of hydrogen-bond donors (Lipinski definition) is 0. The Hall–Kier alpha value is -2.55. The minimum Gasteiger partial charge on any atom is -0.465 e. The summed E-state index contributed by atoms with van der Waals surface area (Å²) >= 11 is 5.70. The van der Waals surface area contributed by atoms with Crippen LogP contribution in [-0.4, -0.2) is 85.3 Å². The van der Waals surface area contributed by atoms with Crippen LogP contribution in [0.25, 0.3) is 0 Å². The molecule has 2 fully saturated rings. The van der Waals surface area contributed by atoms with E-state index in [0.29, 0.717) is 0 Å². The fourth-order valence-electron chi connectivity index (χ4n) is 5.38. The average molecular weight is 658 g/mol. The molecular weight excluding hydrogens is 610 g/mol. The van der Waals surface area contributed by atoms with Gasteiger partial charge in [-0.05, 0) is 59.7 Å². The molecule has 2 rings (SSSR count). The van der Waals surface area contributed by atoms with Crippen molar-refractivity contribution in [3.05, 3.63) is 0 Å². The van der Waals surface area contributed by atoms with Gasteiger partial charge in [0, 0.05) is 17.2 Å². The van der Waals surface area contributed by atoms with Gasteiger partial charge in [-0.25, -0.2) is 4.84 Å². The number of hydrogen-bond acceptors (Lipinski definition) is 12. The van der Waals surface area contributed by atoms with Gasteiger partial charge >= 0.3 is 17.9 Å². The van der Waals surface area contributed by atoms with E-state index in [1.54, 1.807) is 41.5 Å². The van der Waals surface area contributed by atoms with Crippen molar-refractivity contribution >= 4 is 60.8 Å². The van der Waals surface area contributed by atoms with Crippen molar-refractivity contribution in [1.82, 2.24) is 5.06 Å². The highest BCUT2D eigenvalue weighted by atomic mass is 32.1. The summed E-state index contributed by atoms with van der Waals surface area (Å²) in [5.74, 6) is -7.57. The summed E-state index contributed by atoms with van der Waals surface area (Å²) in [4.78, 5) is 84.6. The van der Waals surface area contributed by atoms with E-state index < -0.39 is 84.8 Å². The van der Waals surface area contributed by atoms with E-state index in [0.717, 1.165) is 5.06 Å². The summed E-state index contributed by atoms with van der Waals surface area (Å²) < 4.78 is 21.8. The number of esters is 3. The van der Waals surface area contributed by atoms with E-state index in [4.69, 9.17) is 35.7 Å². The number of rotatable bonds is 14. The first-order chi connectivity index (χ1) is 20.0. The third-order valence-corrected chi connectivity index (χ3v) is 14.0. The molecule has 0 aromatic rings. The number of piperidine rings is 1.